The van der Waals surface area contributed by atoms with Crippen molar-refractivity contribution in [2.45, 2.75) is 39.5 Å². The SMILES string of the molecule is Cc1[nH]c2c(c1C)C(=O)C1CN(CCCC(=O)c3ccc(F)cc3)CCC1C2. The number of rotatable bonds is 5. The minimum atomic E-state index is -0.326. The highest BCUT2D eigenvalue weighted by Crippen LogP contribution is 2.37. The molecule has 1 aromatic carbocycles. The molecular formula is C23H27FN2O2. The number of fused-ring (bicyclic) bond motifs is 2. The molecule has 2 heterocycles. The zero-order valence-corrected chi connectivity index (χ0v) is 16.6. The number of aryl methyl sites for hydroxylation is 1. The van der Waals surface area contributed by atoms with Crippen LogP contribution >= 0.6 is 0 Å². The van der Waals surface area contributed by atoms with E-state index >= 15 is 0 Å². The van der Waals surface area contributed by atoms with E-state index in [1.165, 1.54) is 12.1 Å². The van der Waals surface area contributed by atoms with Crippen LogP contribution in [0.15, 0.2) is 24.3 Å². The summed E-state index contributed by atoms with van der Waals surface area (Å²) in [6, 6.07) is 5.74. The third-order valence-corrected chi connectivity index (χ3v) is 6.51. The second-order valence-corrected chi connectivity index (χ2v) is 8.29. The van der Waals surface area contributed by atoms with Gasteiger partial charge in [-0.25, -0.2) is 4.39 Å². The van der Waals surface area contributed by atoms with Gasteiger partial charge in [-0.15, -0.1) is 0 Å². The Bertz CT molecular complexity index is 900. The molecule has 4 rings (SSSR count). The number of hydrogen-bond donors (Lipinski definition) is 1. The third kappa shape index (κ3) is 3.55. The second-order valence-electron chi connectivity index (χ2n) is 8.29. The minimum Gasteiger partial charge on any atom is -0.362 e. The van der Waals surface area contributed by atoms with Crippen LogP contribution in [0.4, 0.5) is 4.39 Å². The van der Waals surface area contributed by atoms with E-state index < -0.39 is 0 Å². The number of likely N-dealkylation sites (tertiary alicyclic amines) is 1. The predicted molar refractivity (Wildman–Crippen MR) is 106 cm³/mol. The molecule has 0 bridgehead atoms. The lowest BCUT2D eigenvalue weighted by molar-refractivity contribution is 0.0653. The summed E-state index contributed by atoms with van der Waals surface area (Å²) < 4.78 is 13.0. The van der Waals surface area contributed by atoms with Crippen molar-refractivity contribution in [3.05, 3.63) is 58.2 Å². The average Bonchev–Trinajstić information content (AvgIpc) is 2.96. The van der Waals surface area contributed by atoms with Gasteiger partial charge in [-0.05, 0) is 81.9 Å². The van der Waals surface area contributed by atoms with Crippen molar-refractivity contribution >= 4 is 11.6 Å². The molecule has 2 atom stereocenters. The Hall–Kier alpha value is -2.27. The van der Waals surface area contributed by atoms with Gasteiger partial charge in [0.1, 0.15) is 5.82 Å². The van der Waals surface area contributed by atoms with Gasteiger partial charge >= 0.3 is 0 Å². The molecule has 5 heteroatoms. The minimum absolute atomic E-state index is 0.0479. The molecule has 4 nitrogen and oxygen atoms in total. The summed E-state index contributed by atoms with van der Waals surface area (Å²) >= 11 is 0. The first-order chi connectivity index (χ1) is 13.4. The molecule has 2 aliphatic rings. The first-order valence-electron chi connectivity index (χ1n) is 10.2. The highest BCUT2D eigenvalue weighted by molar-refractivity contribution is 6.02. The van der Waals surface area contributed by atoms with Crippen LogP contribution in [-0.2, 0) is 6.42 Å². The fourth-order valence-corrected chi connectivity index (χ4v) is 4.79. The van der Waals surface area contributed by atoms with E-state index in [1.54, 1.807) is 12.1 Å². The van der Waals surface area contributed by atoms with E-state index in [0.717, 1.165) is 61.4 Å². The number of nitrogens with zero attached hydrogens (tertiary/aromatic N) is 1. The number of benzene rings is 1. The van der Waals surface area contributed by atoms with E-state index in [9.17, 15) is 14.0 Å². The molecule has 1 aromatic heterocycles. The third-order valence-electron chi connectivity index (χ3n) is 6.51. The molecule has 1 N–H and O–H groups in total. The molecule has 0 spiro atoms. The summed E-state index contributed by atoms with van der Waals surface area (Å²) in [4.78, 5) is 31.1. The Balaban J connectivity index is 1.34. The van der Waals surface area contributed by atoms with Crippen molar-refractivity contribution in [3.8, 4) is 0 Å². The first-order valence-corrected chi connectivity index (χ1v) is 10.2. The average molecular weight is 382 g/mol. The molecule has 1 aliphatic heterocycles. The number of carbonyl (C=O) groups excluding carboxylic acids is 2. The lowest BCUT2D eigenvalue weighted by Gasteiger charge is -2.40. The van der Waals surface area contributed by atoms with Gasteiger partial charge in [0.15, 0.2) is 11.6 Å². The van der Waals surface area contributed by atoms with Crippen LogP contribution in [0, 0.1) is 31.5 Å². The predicted octanol–water partition coefficient (Wildman–Crippen LogP) is 4.11. The lowest BCUT2D eigenvalue weighted by atomic mass is 9.73. The Kier molecular flexibility index (Phi) is 5.19. The standard InChI is InChI=1S/C23H27FN2O2/c1-14-15(2)25-20-12-17-9-11-26(13-19(17)23(28)22(14)20)10-3-4-21(27)16-5-7-18(24)8-6-16/h5-8,17,19,25H,3-4,9-13H2,1-2H3. The van der Waals surface area contributed by atoms with Crippen molar-refractivity contribution in [2.24, 2.45) is 11.8 Å². The van der Waals surface area contributed by atoms with E-state index in [2.05, 4.69) is 9.88 Å². The van der Waals surface area contributed by atoms with Crippen LogP contribution < -0.4 is 0 Å². The number of nitrogens with one attached hydrogen (secondary N) is 1. The summed E-state index contributed by atoms with van der Waals surface area (Å²) in [5.74, 6) is 0.511. The molecule has 2 aromatic rings. The van der Waals surface area contributed by atoms with Gasteiger partial charge in [0.05, 0.1) is 0 Å². The van der Waals surface area contributed by atoms with Crippen molar-refractivity contribution in [1.29, 1.82) is 0 Å². The van der Waals surface area contributed by atoms with E-state index in [-0.39, 0.29) is 17.5 Å². The molecule has 0 radical (unpaired) electrons. The maximum atomic E-state index is 13.1. The molecule has 1 aliphatic carbocycles. The fourth-order valence-electron chi connectivity index (χ4n) is 4.79. The van der Waals surface area contributed by atoms with Gasteiger partial charge in [0.2, 0.25) is 0 Å². The molecule has 1 saturated heterocycles. The highest BCUT2D eigenvalue weighted by atomic mass is 19.1. The molecular weight excluding hydrogens is 355 g/mol. The maximum absolute atomic E-state index is 13.1. The van der Waals surface area contributed by atoms with E-state index in [1.807, 2.05) is 13.8 Å². The van der Waals surface area contributed by atoms with E-state index in [4.69, 9.17) is 0 Å². The molecule has 148 valence electrons. The van der Waals surface area contributed by atoms with Gasteiger partial charge in [-0.2, -0.15) is 0 Å². The Morgan fingerprint density at radius 1 is 1.25 bits per heavy atom. The van der Waals surface area contributed by atoms with Crippen LogP contribution in [0.5, 0.6) is 0 Å². The van der Waals surface area contributed by atoms with Gasteiger partial charge in [0, 0.05) is 41.4 Å². The van der Waals surface area contributed by atoms with Crippen LogP contribution in [-0.4, -0.2) is 41.1 Å². The number of carbonyl (C=O) groups is 2. The number of ketones is 2. The number of hydrogen-bond acceptors (Lipinski definition) is 3. The number of aromatic nitrogens is 1. The normalized spacial score (nSPS) is 22.0. The van der Waals surface area contributed by atoms with Crippen LogP contribution in [0.25, 0.3) is 0 Å². The van der Waals surface area contributed by atoms with Crippen LogP contribution in [0.3, 0.4) is 0 Å². The van der Waals surface area contributed by atoms with Crippen molar-refractivity contribution in [2.75, 3.05) is 19.6 Å². The summed E-state index contributed by atoms with van der Waals surface area (Å²) in [5.41, 5.74) is 4.81. The maximum Gasteiger partial charge on any atom is 0.169 e. The van der Waals surface area contributed by atoms with Gasteiger partial charge in [0.25, 0.3) is 0 Å². The molecule has 0 amide bonds. The van der Waals surface area contributed by atoms with Gasteiger partial charge < -0.3 is 9.88 Å². The molecule has 2 unspecified atom stereocenters. The summed E-state index contributed by atoms with van der Waals surface area (Å²) in [5, 5.41) is 0. The first kappa shape index (κ1) is 19.1. The van der Waals surface area contributed by atoms with Crippen molar-refractivity contribution < 1.29 is 14.0 Å². The number of halogens is 1. The quantitative estimate of drug-likeness (QED) is 0.792. The Morgan fingerprint density at radius 2 is 2.00 bits per heavy atom. The topological polar surface area (TPSA) is 53.2 Å². The van der Waals surface area contributed by atoms with Gasteiger partial charge in [-0.1, -0.05) is 0 Å². The van der Waals surface area contributed by atoms with Crippen molar-refractivity contribution in [1.82, 2.24) is 9.88 Å². The monoisotopic (exact) mass is 382 g/mol. The van der Waals surface area contributed by atoms with Crippen LogP contribution in [0.1, 0.15) is 56.9 Å². The molecule has 0 saturated carbocycles. The zero-order chi connectivity index (χ0) is 19.8. The van der Waals surface area contributed by atoms with E-state index in [0.29, 0.717) is 23.7 Å². The zero-order valence-electron chi connectivity index (χ0n) is 16.6. The van der Waals surface area contributed by atoms with Gasteiger partial charge in [-0.3, -0.25) is 9.59 Å². The summed E-state index contributed by atoms with van der Waals surface area (Å²) in [6.07, 6.45) is 3.20. The second kappa shape index (κ2) is 7.63. The molecule has 1 fully saturated rings. The highest BCUT2D eigenvalue weighted by Gasteiger charge is 2.40. The molecule has 28 heavy (non-hydrogen) atoms. The number of Topliss-reactive ketones (excluding diaryl/α,β-unsaturated/α-hetero) is 2. The van der Waals surface area contributed by atoms with Crippen LogP contribution in [0.2, 0.25) is 0 Å². The summed E-state index contributed by atoms with van der Waals surface area (Å²) in [7, 11) is 0. The Labute approximate surface area is 165 Å². The smallest absolute Gasteiger partial charge is 0.169 e. The number of piperidine rings is 1. The largest absolute Gasteiger partial charge is 0.362 e. The number of H-pyrrole nitrogens is 1. The van der Waals surface area contributed by atoms with Crippen molar-refractivity contribution in [3.63, 3.8) is 0 Å². The number of aromatic amines is 1. The summed E-state index contributed by atoms with van der Waals surface area (Å²) in [6.45, 7) is 6.66. The fraction of sp³-hybridized carbons (Fsp3) is 0.478. The Morgan fingerprint density at radius 3 is 2.75 bits per heavy atom. The lowest BCUT2D eigenvalue weighted by Crippen LogP contribution is -2.47.